The number of aliphatic hydroxyl groups is 3. The Hall–Kier alpha value is 0.437. The molecular weight excluding hydrogens is 249 g/mol. The molecule has 0 saturated carbocycles. The molecule has 0 aliphatic heterocycles. The Bertz CT molecular complexity index is 78.1. The second-order valence-electron chi connectivity index (χ2n) is 4.29. The fourth-order valence-corrected chi connectivity index (χ4v) is 1.09. The molecular formula is C15H40LiNO3. The van der Waals surface area contributed by atoms with Crippen molar-refractivity contribution in [3.63, 3.8) is 0 Å². The standard InChI is InChI=1S/3C5H12O.Li.H3N.H/c3*1-2-3-4-5-6;;;/h3*6H,2-5H2,1H3;;1H3;. The first-order valence-corrected chi connectivity index (χ1v) is 7.57. The van der Waals surface area contributed by atoms with Crippen LogP contribution in [0.1, 0.15) is 78.6 Å². The van der Waals surface area contributed by atoms with Gasteiger partial charge in [-0.15, -0.1) is 0 Å². The van der Waals surface area contributed by atoms with Crippen LogP contribution < -0.4 is 6.15 Å². The van der Waals surface area contributed by atoms with Gasteiger partial charge in [-0.05, 0) is 19.3 Å². The van der Waals surface area contributed by atoms with Crippen molar-refractivity contribution in [1.82, 2.24) is 6.15 Å². The SMILES string of the molecule is CCCCCO.CCCCCO.CCCCCO.N.[LiH]. The number of hydrogen-bond acceptors (Lipinski definition) is 4. The summed E-state index contributed by atoms with van der Waals surface area (Å²) in [5, 5.41) is 24.6. The van der Waals surface area contributed by atoms with Crippen molar-refractivity contribution in [2.24, 2.45) is 0 Å². The van der Waals surface area contributed by atoms with Gasteiger partial charge in [0.1, 0.15) is 0 Å². The van der Waals surface area contributed by atoms with Crippen molar-refractivity contribution >= 4 is 18.9 Å². The molecule has 0 aromatic heterocycles. The first-order valence-electron chi connectivity index (χ1n) is 7.57. The average molecular weight is 289 g/mol. The third-order valence-corrected chi connectivity index (χ3v) is 2.29. The predicted octanol–water partition coefficient (Wildman–Crippen LogP) is 3.02. The van der Waals surface area contributed by atoms with Crippen molar-refractivity contribution in [3.8, 4) is 0 Å². The molecule has 0 amide bonds. The molecule has 0 aliphatic carbocycles. The molecule has 124 valence electrons. The molecule has 0 rings (SSSR count). The van der Waals surface area contributed by atoms with E-state index in [9.17, 15) is 0 Å². The topological polar surface area (TPSA) is 95.7 Å². The van der Waals surface area contributed by atoms with Crippen molar-refractivity contribution in [2.45, 2.75) is 78.6 Å². The monoisotopic (exact) mass is 289 g/mol. The quantitative estimate of drug-likeness (QED) is 0.387. The van der Waals surface area contributed by atoms with E-state index in [1.165, 1.54) is 19.3 Å². The molecule has 0 aromatic carbocycles. The van der Waals surface area contributed by atoms with E-state index in [1.54, 1.807) is 0 Å². The summed E-state index contributed by atoms with van der Waals surface area (Å²) in [5.74, 6) is 0. The predicted molar refractivity (Wildman–Crippen MR) is 92.0 cm³/mol. The summed E-state index contributed by atoms with van der Waals surface area (Å²) in [6, 6.07) is 0. The minimum atomic E-state index is 0. The Morgan fingerprint density at radius 3 is 0.750 bits per heavy atom. The number of rotatable bonds is 9. The van der Waals surface area contributed by atoms with Gasteiger partial charge in [-0.3, -0.25) is 0 Å². The van der Waals surface area contributed by atoms with E-state index in [0.29, 0.717) is 19.8 Å². The molecule has 0 aliphatic rings. The zero-order valence-corrected chi connectivity index (χ0v) is 13.5. The molecule has 0 spiro atoms. The van der Waals surface area contributed by atoms with Gasteiger partial charge in [0, 0.05) is 19.8 Å². The maximum absolute atomic E-state index is 8.20. The third-order valence-electron chi connectivity index (χ3n) is 2.29. The van der Waals surface area contributed by atoms with Gasteiger partial charge in [0.15, 0.2) is 0 Å². The van der Waals surface area contributed by atoms with E-state index < -0.39 is 0 Å². The van der Waals surface area contributed by atoms with Crippen LogP contribution in [0.3, 0.4) is 0 Å². The Kier molecular flexibility index (Phi) is 69.2. The summed E-state index contributed by atoms with van der Waals surface area (Å²) >= 11 is 0. The van der Waals surface area contributed by atoms with Crippen LogP contribution in [0.15, 0.2) is 0 Å². The molecule has 0 saturated heterocycles. The normalized spacial score (nSPS) is 8.10. The first kappa shape index (κ1) is 32.4. The molecule has 6 N–H and O–H groups in total. The van der Waals surface area contributed by atoms with Crippen LogP contribution >= 0.6 is 0 Å². The molecule has 0 atom stereocenters. The van der Waals surface area contributed by atoms with E-state index in [-0.39, 0.29) is 25.0 Å². The van der Waals surface area contributed by atoms with Crippen LogP contribution in [-0.4, -0.2) is 54.0 Å². The summed E-state index contributed by atoms with van der Waals surface area (Å²) in [7, 11) is 0. The summed E-state index contributed by atoms with van der Waals surface area (Å²) in [6.07, 6.45) is 9.98. The van der Waals surface area contributed by atoms with Gasteiger partial charge in [0.2, 0.25) is 0 Å². The number of hydrogen-bond donors (Lipinski definition) is 4. The third kappa shape index (κ3) is 62.9. The van der Waals surface area contributed by atoms with Gasteiger partial charge in [-0.25, -0.2) is 0 Å². The molecule has 0 radical (unpaired) electrons. The van der Waals surface area contributed by atoms with Crippen LogP contribution in [0.25, 0.3) is 0 Å². The van der Waals surface area contributed by atoms with Crippen LogP contribution in [0.5, 0.6) is 0 Å². The van der Waals surface area contributed by atoms with Gasteiger partial charge in [-0.1, -0.05) is 59.3 Å². The van der Waals surface area contributed by atoms with Gasteiger partial charge in [0.25, 0.3) is 0 Å². The van der Waals surface area contributed by atoms with Crippen LogP contribution in [-0.2, 0) is 0 Å². The van der Waals surface area contributed by atoms with E-state index in [4.69, 9.17) is 15.3 Å². The Balaban J connectivity index is -0.0000000536. The molecule has 0 aromatic rings. The molecule has 0 bridgehead atoms. The zero-order chi connectivity index (χ0) is 14.5. The van der Waals surface area contributed by atoms with Gasteiger partial charge in [0.05, 0.1) is 0 Å². The fraction of sp³-hybridized carbons (Fsp3) is 1.00. The van der Waals surface area contributed by atoms with Crippen LogP contribution in [0, 0.1) is 0 Å². The molecule has 4 nitrogen and oxygen atoms in total. The van der Waals surface area contributed by atoms with Gasteiger partial charge in [-0.2, -0.15) is 0 Å². The maximum atomic E-state index is 8.20. The average Bonchev–Trinajstić information content (AvgIpc) is 2.42. The van der Waals surface area contributed by atoms with Crippen LogP contribution in [0.4, 0.5) is 0 Å². The van der Waals surface area contributed by atoms with Crippen molar-refractivity contribution in [2.75, 3.05) is 19.8 Å². The van der Waals surface area contributed by atoms with Gasteiger partial charge >= 0.3 is 18.9 Å². The summed E-state index contributed by atoms with van der Waals surface area (Å²) in [6.45, 7) is 7.43. The van der Waals surface area contributed by atoms with Crippen LogP contribution in [0.2, 0.25) is 0 Å². The van der Waals surface area contributed by atoms with E-state index >= 15 is 0 Å². The van der Waals surface area contributed by atoms with E-state index in [2.05, 4.69) is 20.8 Å². The number of aliphatic hydroxyl groups excluding tert-OH is 3. The summed E-state index contributed by atoms with van der Waals surface area (Å²) < 4.78 is 0. The molecule has 5 heteroatoms. The number of unbranched alkanes of at least 4 members (excludes halogenated alkanes) is 6. The summed E-state index contributed by atoms with van der Waals surface area (Å²) in [4.78, 5) is 0. The molecule has 0 fully saturated rings. The Labute approximate surface area is 139 Å². The molecule has 0 heterocycles. The van der Waals surface area contributed by atoms with E-state index in [0.717, 1.165) is 38.5 Å². The van der Waals surface area contributed by atoms with Crippen molar-refractivity contribution < 1.29 is 15.3 Å². The Morgan fingerprint density at radius 2 is 0.700 bits per heavy atom. The zero-order valence-electron chi connectivity index (χ0n) is 13.5. The minimum absolute atomic E-state index is 0. The Morgan fingerprint density at radius 1 is 0.500 bits per heavy atom. The van der Waals surface area contributed by atoms with E-state index in [1.807, 2.05) is 0 Å². The van der Waals surface area contributed by atoms with Gasteiger partial charge < -0.3 is 21.5 Å². The van der Waals surface area contributed by atoms with Crippen molar-refractivity contribution in [3.05, 3.63) is 0 Å². The molecule has 0 unspecified atom stereocenters. The second kappa shape index (κ2) is 42.7. The fourth-order valence-electron chi connectivity index (χ4n) is 1.09. The first-order chi connectivity index (χ1) is 8.74. The molecule has 20 heavy (non-hydrogen) atoms. The van der Waals surface area contributed by atoms with Crippen molar-refractivity contribution in [1.29, 1.82) is 0 Å². The summed E-state index contributed by atoms with van der Waals surface area (Å²) in [5.41, 5.74) is 0. The second-order valence-corrected chi connectivity index (χ2v) is 4.29.